The SMILES string of the molecule is S=P([C]P(=S)(c1ccccc1)c1ccccc1)(c1ccccc1)c1ccccc1.[Pd].c1ccc(P(c2ccccc2)c2ccccc2)cc1. The molecule has 0 heterocycles. The zero-order chi connectivity index (χ0) is 33.1. The second kappa shape index (κ2) is 18.3. The Hall–Kier alpha value is -3.07. The Kier molecular flexibility index (Phi) is 13.9. The first-order valence-electron chi connectivity index (χ1n) is 15.8. The number of benzene rings is 7. The van der Waals surface area contributed by atoms with Gasteiger partial charge in [-0.25, -0.2) is 0 Å². The van der Waals surface area contributed by atoms with Crippen LogP contribution in [0.5, 0.6) is 0 Å². The number of hydrogen-bond donors (Lipinski definition) is 0. The summed E-state index contributed by atoms with van der Waals surface area (Å²) in [5, 5.41) is 8.70. The predicted molar refractivity (Wildman–Crippen MR) is 221 cm³/mol. The standard InChI is InChI=1S/C25H20P2S2.C18H15P.Pd/c28-26(22-13-5-1-6-14-22,23-15-7-2-8-16-23)21-27(29,24-17-9-3-10-18-24)25-19-11-4-12-20-25;1-4-10-16(11-5-1)19(17-12-6-2-7-13-17)18-14-8-3-9-15-18;/h1-20H;1-15H;. The molecule has 7 aromatic carbocycles. The molecule has 0 amide bonds. The topological polar surface area (TPSA) is 0 Å². The van der Waals surface area contributed by atoms with Crippen LogP contribution in [0, 0.1) is 5.90 Å². The molecule has 7 aromatic rings. The maximum Gasteiger partial charge on any atom is 0.0786 e. The van der Waals surface area contributed by atoms with Crippen LogP contribution in [0.2, 0.25) is 0 Å². The van der Waals surface area contributed by atoms with Gasteiger partial charge in [-0.3, -0.25) is 0 Å². The third-order valence-corrected chi connectivity index (χ3v) is 20.6. The van der Waals surface area contributed by atoms with E-state index in [0.29, 0.717) is 0 Å². The second-order valence-corrected chi connectivity index (χ2v) is 21.8. The molecular weight excluding hydrogens is 780 g/mol. The zero-order valence-corrected chi connectivity index (χ0v) is 32.6. The van der Waals surface area contributed by atoms with Gasteiger partial charge in [0.2, 0.25) is 0 Å². The molecular formula is C43H35P3PdS2. The molecule has 49 heavy (non-hydrogen) atoms. The van der Waals surface area contributed by atoms with Gasteiger partial charge < -0.3 is 0 Å². The molecule has 0 N–H and O–H groups in total. The van der Waals surface area contributed by atoms with E-state index >= 15 is 0 Å². The van der Waals surface area contributed by atoms with Crippen molar-refractivity contribution in [3.63, 3.8) is 0 Å². The summed E-state index contributed by atoms with van der Waals surface area (Å²) >= 11 is 12.9. The van der Waals surface area contributed by atoms with Crippen LogP contribution >= 0.6 is 20.0 Å². The van der Waals surface area contributed by atoms with Crippen LogP contribution in [0.15, 0.2) is 212 Å². The summed E-state index contributed by atoms with van der Waals surface area (Å²) in [5.74, 6) is 3.92. The Bertz CT molecular complexity index is 1810. The summed E-state index contributed by atoms with van der Waals surface area (Å²) < 4.78 is 0. The Morgan fingerprint density at radius 1 is 0.306 bits per heavy atom. The van der Waals surface area contributed by atoms with E-state index in [4.69, 9.17) is 23.6 Å². The van der Waals surface area contributed by atoms with Crippen LogP contribution in [-0.2, 0) is 44.0 Å². The fourth-order valence-electron chi connectivity index (χ4n) is 5.46. The normalized spacial score (nSPS) is 11.1. The Morgan fingerprint density at radius 2 is 0.490 bits per heavy atom. The average Bonchev–Trinajstić information content (AvgIpc) is 3.18. The van der Waals surface area contributed by atoms with Gasteiger partial charge in [0.05, 0.1) is 5.90 Å². The van der Waals surface area contributed by atoms with Gasteiger partial charge >= 0.3 is 0 Å². The van der Waals surface area contributed by atoms with Crippen LogP contribution in [-0.4, -0.2) is 0 Å². The van der Waals surface area contributed by atoms with E-state index in [1.54, 1.807) is 0 Å². The predicted octanol–water partition coefficient (Wildman–Crippen LogP) is 8.69. The molecule has 2 radical (unpaired) electrons. The Morgan fingerprint density at radius 3 is 0.694 bits per heavy atom. The maximum absolute atomic E-state index is 6.44. The summed E-state index contributed by atoms with van der Waals surface area (Å²) in [6.45, 7) is 0. The smallest absolute Gasteiger partial charge is 0.0786 e. The summed E-state index contributed by atoms with van der Waals surface area (Å²) in [4.78, 5) is 0. The van der Waals surface area contributed by atoms with E-state index in [-0.39, 0.29) is 20.4 Å². The fourth-order valence-corrected chi connectivity index (χ4v) is 18.3. The third-order valence-electron chi connectivity index (χ3n) is 7.80. The van der Waals surface area contributed by atoms with Gasteiger partial charge in [-0.1, -0.05) is 236 Å². The molecule has 0 saturated carbocycles. The van der Waals surface area contributed by atoms with Crippen molar-refractivity contribution in [1.82, 2.24) is 0 Å². The maximum atomic E-state index is 6.44. The molecule has 244 valence electrons. The third kappa shape index (κ3) is 9.19. The molecule has 0 aliphatic heterocycles. The molecule has 0 aliphatic carbocycles. The van der Waals surface area contributed by atoms with Crippen molar-refractivity contribution < 1.29 is 20.4 Å². The average molecular weight is 815 g/mol. The van der Waals surface area contributed by atoms with Gasteiger partial charge in [-0.05, 0) is 45.1 Å². The molecule has 0 aromatic heterocycles. The first-order valence-corrected chi connectivity index (χ1v) is 22.7. The Balaban J connectivity index is 0.000000203. The quantitative estimate of drug-likeness (QED) is 0.106. The largest absolute Gasteiger partial charge is 0.0865 e. The summed E-state index contributed by atoms with van der Waals surface area (Å²) in [7, 11) is -0.446. The van der Waals surface area contributed by atoms with Crippen LogP contribution in [0.25, 0.3) is 0 Å². The van der Waals surface area contributed by atoms with Crippen molar-refractivity contribution >= 4 is 80.7 Å². The minimum Gasteiger partial charge on any atom is -0.0865 e. The molecule has 0 bridgehead atoms. The van der Waals surface area contributed by atoms with Gasteiger partial charge in [-0.2, -0.15) is 0 Å². The van der Waals surface area contributed by atoms with Gasteiger partial charge in [0, 0.05) is 32.5 Å². The molecule has 7 rings (SSSR count). The number of hydrogen-bond acceptors (Lipinski definition) is 2. The van der Waals surface area contributed by atoms with Crippen molar-refractivity contribution in [2.45, 2.75) is 0 Å². The molecule has 0 nitrogen and oxygen atoms in total. The molecule has 0 spiro atoms. The first kappa shape index (κ1) is 37.2. The van der Waals surface area contributed by atoms with Gasteiger partial charge in [0.1, 0.15) is 0 Å². The molecule has 0 fully saturated rings. The summed E-state index contributed by atoms with van der Waals surface area (Å²) in [5.41, 5.74) is 0. The van der Waals surface area contributed by atoms with Crippen molar-refractivity contribution in [3.05, 3.63) is 218 Å². The van der Waals surface area contributed by atoms with Crippen molar-refractivity contribution in [1.29, 1.82) is 0 Å². The molecule has 0 unspecified atom stereocenters. The molecule has 0 aliphatic rings. The van der Waals surface area contributed by atoms with Gasteiger partial charge in [0.15, 0.2) is 0 Å². The summed E-state index contributed by atoms with van der Waals surface area (Å²) in [6, 6.07) is 69.1. The first-order chi connectivity index (χ1) is 23.6. The van der Waals surface area contributed by atoms with E-state index in [1.807, 2.05) is 24.3 Å². The van der Waals surface area contributed by atoms with E-state index in [2.05, 4.69) is 194 Å². The van der Waals surface area contributed by atoms with Gasteiger partial charge in [0.25, 0.3) is 0 Å². The van der Waals surface area contributed by atoms with Crippen molar-refractivity contribution in [2.75, 3.05) is 0 Å². The zero-order valence-electron chi connectivity index (χ0n) is 26.7. The van der Waals surface area contributed by atoms with Crippen LogP contribution < -0.4 is 37.1 Å². The summed E-state index contributed by atoms with van der Waals surface area (Å²) in [6.07, 6.45) is 0. The van der Waals surface area contributed by atoms with E-state index < -0.39 is 20.0 Å². The van der Waals surface area contributed by atoms with Crippen molar-refractivity contribution in [2.24, 2.45) is 0 Å². The molecule has 0 saturated heterocycles. The van der Waals surface area contributed by atoms with Crippen LogP contribution in [0.1, 0.15) is 0 Å². The van der Waals surface area contributed by atoms with E-state index in [9.17, 15) is 0 Å². The van der Waals surface area contributed by atoms with Gasteiger partial charge in [-0.15, -0.1) is 0 Å². The van der Waals surface area contributed by atoms with E-state index in [1.165, 1.54) is 15.9 Å². The minimum absolute atomic E-state index is 0. The minimum atomic E-state index is -2.35. The number of rotatable bonds is 9. The molecule has 0 atom stereocenters. The van der Waals surface area contributed by atoms with Crippen molar-refractivity contribution in [3.8, 4) is 0 Å². The molecule has 6 heteroatoms. The fraction of sp³-hybridized carbons (Fsp3) is 0. The Labute approximate surface area is 317 Å². The monoisotopic (exact) mass is 814 g/mol. The van der Waals surface area contributed by atoms with E-state index in [0.717, 1.165) is 21.2 Å². The van der Waals surface area contributed by atoms with Crippen LogP contribution in [0.4, 0.5) is 0 Å². The second-order valence-electron chi connectivity index (χ2n) is 11.0. The van der Waals surface area contributed by atoms with Crippen LogP contribution in [0.3, 0.4) is 0 Å².